The topological polar surface area (TPSA) is 112 Å². The van der Waals surface area contributed by atoms with Crippen LogP contribution in [0.25, 0.3) is 10.2 Å². The quantitative estimate of drug-likeness (QED) is 0.672. The molecule has 8 nitrogen and oxygen atoms in total. The lowest BCUT2D eigenvalue weighted by Crippen LogP contribution is -2.54. The van der Waals surface area contributed by atoms with Crippen LogP contribution in [0.1, 0.15) is 0 Å². The standard InChI is InChI=1S/C16H21N5O3S/c17-11(10-22)15(24)21-7-5-20(6-8-21)9-14(23)19-16-18-12-3-1-2-4-13(12)25-16/h1-4,11,22H,5-10,17H2,(H,18,19,23). The Labute approximate surface area is 149 Å². The van der Waals surface area contributed by atoms with Crippen LogP contribution in [0.4, 0.5) is 5.13 Å². The molecule has 1 aromatic heterocycles. The minimum atomic E-state index is -0.867. The Morgan fingerprint density at radius 1 is 1.28 bits per heavy atom. The van der Waals surface area contributed by atoms with E-state index in [2.05, 4.69) is 10.3 Å². The number of amides is 2. The summed E-state index contributed by atoms with van der Waals surface area (Å²) in [6, 6.07) is 6.87. The molecule has 0 aliphatic carbocycles. The number of nitrogens with two attached hydrogens (primary N) is 1. The van der Waals surface area contributed by atoms with Crippen molar-refractivity contribution in [2.75, 3.05) is 44.6 Å². The molecule has 0 spiro atoms. The molecule has 2 aromatic rings. The molecule has 1 saturated heterocycles. The average Bonchev–Trinajstić information content (AvgIpc) is 3.03. The van der Waals surface area contributed by atoms with Gasteiger partial charge in [-0.1, -0.05) is 23.5 Å². The summed E-state index contributed by atoms with van der Waals surface area (Å²) in [4.78, 5) is 32.1. The van der Waals surface area contributed by atoms with Crippen molar-refractivity contribution in [3.05, 3.63) is 24.3 Å². The SMILES string of the molecule is NC(CO)C(=O)N1CCN(CC(=O)Nc2nc3ccccc3s2)CC1. The van der Waals surface area contributed by atoms with Crippen molar-refractivity contribution >= 4 is 38.5 Å². The number of fused-ring (bicyclic) bond motifs is 1. The van der Waals surface area contributed by atoms with E-state index in [4.69, 9.17) is 10.8 Å². The van der Waals surface area contributed by atoms with E-state index in [-0.39, 0.29) is 25.0 Å². The minimum Gasteiger partial charge on any atom is -0.394 e. The number of rotatable bonds is 5. The van der Waals surface area contributed by atoms with Gasteiger partial charge in [-0.25, -0.2) is 4.98 Å². The zero-order chi connectivity index (χ0) is 17.8. The highest BCUT2D eigenvalue weighted by atomic mass is 32.1. The average molecular weight is 363 g/mol. The highest BCUT2D eigenvalue weighted by Crippen LogP contribution is 2.25. The summed E-state index contributed by atoms with van der Waals surface area (Å²) in [6.07, 6.45) is 0. The number of piperazine rings is 1. The third kappa shape index (κ3) is 4.31. The maximum Gasteiger partial charge on any atom is 0.241 e. The highest BCUT2D eigenvalue weighted by Gasteiger charge is 2.25. The number of aliphatic hydroxyl groups excluding tert-OH is 1. The molecule has 0 saturated carbocycles. The molecule has 9 heteroatoms. The summed E-state index contributed by atoms with van der Waals surface area (Å²) in [7, 11) is 0. The number of carbonyl (C=O) groups is 2. The molecule has 1 aromatic carbocycles. The Kier molecular flexibility index (Phi) is 5.59. The van der Waals surface area contributed by atoms with Crippen LogP contribution in [0.15, 0.2) is 24.3 Å². The zero-order valence-corrected chi connectivity index (χ0v) is 14.5. The second-order valence-electron chi connectivity index (χ2n) is 5.93. The zero-order valence-electron chi connectivity index (χ0n) is 13.7. The van der Waals surface area contributed by atoms with Gasteiger partial charge in [0.2, 0.25) is 11.8 Å². The first-order valence-corrected chi connectivity index (χ1v) is 8.91. The van der Waals surface area contributed by atoms with Gasteiger partial charge in [-0.3, -0.25) is 14.5 Å². The smallest absolute Gasteiger partial charge is 0.241 e. The van der Waals surface area contributed by atoms with Crippen LogP contribution in [-0.2, 0) is 9.59 Å². The van der Waals surface area contributed by atoms with Crippen molar-refractivity contribution in [2.45, 2.75) is 6.04 Å². The summed E-state index contributed by atoms with van der Waals surface area (Å²) < 4.78 is 1.03. The van der Waals surface area contributed by atoms with Gasteiger partial charge in [-0.05, 0) is 12.1 Å². The fraction of sp³-hybridized carbons (Fsp3) is 0.438. The molecule has 1 aliphatic rings. The number of anilines is 1. The number of nitrogens with one attached hydrogen (secondary N) is 1. The first-order chi connectivity index (χ1) is 12.1. The van der Waals surface area contributed by atoms with E-state index in [1.807, 2.05) is 29.2 Å². The third-order valence-corrected chi connectivity index (χ3v) is 5.06. The van der Waals surface area contributed by atoms with Gasteiger partial charge in [0, 0.05) is 26.2 Å². The van der Waals surface area contributed by atoms with Crippen LogP contribution in [0.2, 0.25) is 0 Å². The molecule has 1 unspecified atom stereocenters. The van der Waals surface area contributed by atoms with Gasteiger partial charge in [0.05, 0.1) is 23.4 Å². The molecule has 1 atom stereocenters. The normalized spacial score (nSPS) is 16.8. The summed E-state index contributed by atoms with van der Waals surface area (Å²) in [5.74, 6) is -0.369. The van der Waals surface area contributed by atoms with Gasteiger partial charge in [-0.15, -0.1) is 0 Å². The number of hydrogen-bond acceptors (Lipinski definition) is 7. The van der Waals surface area contributed by atoms with Crippen molar-refractivity contribution in [2.24, 2.45) is 5.73 Å². The summed E-state index contributed by atoms with van der Waals surface area (Å²) in [5.41, 5.74) is 6.43. The van der Waals surface area contributed by atoms with E-state index in [1.54, 1.807) is 4.90 Å². The van der Waals surface area contributed by atoms with Crippen LogP contribution in [0, 0.1) is 0 Å². The molecule has 3 rings (SSSR count). The molecule has 1 fully saturated rings. The van der Waals surface area contributed by atoms with Gasteiger partial charge in [0.15, 0.2) is 5.13 Å². The number of aromatic nitrogens is 1. The second-order valence-corrected chi connectivity index (χ2v) is 6.96. The molecule has 1 aliphatic heterocycles. The van der Waals surface area contributed by atoms with Crippen LogP contribution >= 0.6 is 11.3 Å². The number of nitrogens with zero attached hydrogens (tertiary/aromatic N) is 3. The minimum absolute atomic E-state index is 0.120. The maximum absolute atomic E-state index is 12.2. The van der Waals surface area contributed by atoms with Crippen molar-refractivity contribution in [1.29, 1.82) is 0 Å². The van der Waals surface area contributed by atoms with E-state index in [0.717, 1.165) is 10.2 Å². The summed E-state index contributed by atoms with van der Waals surface area (Å²) >= 11 is 1.45. The molecule has 2 amide bonds. The van der Waals surface area contributed by atoms with Crippen molar-refractivity contribution < 1.29 is 14.7 Å². The van der Waals surface area contributed by atoms with Crippen LogP contribution < -0.4 is 11.1 Å². The number of carbonyl (C=O) groups excluding carboxylic acids is 2. The Bertz CT molecular complexity index is 724. The lowest BCUT2D eigenvalue weighted by Gasteiger charge is -2.35. The molecule has 134 valence electrons. The Balaban J connectivity index is 1.48. The predicted molar refractivity (Wildman–Crippen MR) is 96.3 cm³/mol. The number of hydrogen-bond donors (Lipinski definition) is 3. The molecule has 4 N–H and O–H groups in total. The Hall–Kier alpha value is -2.07. The van der Waals surface area contributed by atoms with Gasteiger partial charge < -0.3 is 21.1 Å². The van der Waals surface area contributed by atoms with Gasteiger partial charge in [0.25, 0.3) is 0 Å². The number of para-hydroxylation sites is 1. The number of aliphatic hydroxyl groups is 1. The van der Waals surface area contributed by atoms with Crippen LogP contribution in [0.5, 0.6) is 0 Å². The van der Waals surface area contributed by atoms with E-state index in [9.17, 15) is 9.59 Å². The fourth-order valence-corrected chi connectivity index (χ4v) is 3.61. The van der Waals surface area contributed by atoms with Crippen molar-refractivity contribution in [3.8, 4) is 0 Å². The largest absolute Gasteiger partial charge is 0.394 e. The lowest BCUT2D eigenvalue weighted by molar-refractivity contribution is -0.135. The van der Waals surface area contributed by atoms with E-state index in [1.165, 1.54) is 11.3 Å². The maximum atomic E-state index is 12.2. The monoisotopic (exact) mass is 363 g/mol. The van der Waals surface area contributed by atoms with Crippen LogP contribution in [-0.4, -0.2) is 77.1 Å². The van der Waals surface area contributed by atoms with Gasteiger partial charge in [-0.2, -0.15) is 0 Å². The van der Waals surface area contributed by atoms with E-state index >= 15 is 0 Å². The summed E-state index contributed by atoms with van der Waals surface area (Å²) in [5, 5.41) is 12.4. The molecule has 2 heterocycles. The molecule has 0 bridgehead atoms. The Morgan fingerprint density at radius 3 is 2.68 bits per heavy atom. The van der Waals surface area contributed by atoms with Gasteiger partial charge in [0.1, 0.15) is 6.04 Å². The fourth-order valence-electron chi connectivity index (χ4n) is 2.73. The molecule has 0 radical (unpaired) electrons. The first-order valence-electron chi connectivity index (χ1n) is 8.10. The van der Waals surface area contributed by atoms with E-state index in [0.29, 0.717) is 31.3 Å². The molecular weight excluding hydrogens is 342 g/mol. The lowest BCUT2D eigenvalue weighted by atomic mass is 10.2. The van der Waals surface area contributed by atoms with Crippen LogP contribution in [0.3, 0.4) is 0 Å². The first kappa shape index (κ1) is 17.7. The number of benzene rings is 1. The number of thiazole rings is 1. The molecular formula is C16H21N5O3S. The second kappa shape index (κ2) is 7.87. The van der Waals surface area contributed by atoms with E-state index < -0.39 is 6.04 Å². The van der Waals surface area contributed by atoms with Gasteiger partial charge >= 0.3 is 0 Å². The highest BCUT2D eigenvalue weighted by molar-refractivity contribution is 7.22. The summed E-state index contributed by atoms with van der Waals surface area (Å²) in [6.45, 7) is 2.09. The molecule has 25 heavy (non-hydrogen) atoms. The Morgan fingerprint density at radius 2 is 2.00 bits per heavy atom. The third-order valence-electron chi connectivity index (χ3n) is 4.11. The van der Waals surface area contributed by atoms with Crippen molar-refractivity contribution in [1.82, 2.24) is 14.8 Å². The predicted octanol–water partition coefficient (Wildman–Crippen LogP) is -0.301. The van der Waals surface area contributed by atoms with Crippen molar-refractivity contribution in [3.63, 3.8) is 0 Å².